The zero-order valence-electron chi connectivity index (χ0n) is 12.0. The molecule has 0 saturated heterocycles. The molecule has 1 amide bonds. The summed E-state index contributed by atoms with van der Waals surface area (Å²) in [5.41, 5.74) is 8.90. The Morgan fingerprint density at radius 3 is 2.86 bits per heavy atom. The number of nitrogens with two attached hydrogens (primary N) is 1. The van der Waals surface area contributed by atoms with E-state index < -0.39 is 0 Å². The molecule has 0 spiro atoms. The van der Waals surface area contributed by atoms with Gasteiger partial charge in [-0.15, -0.1) is 0 Å². The molecule has 0 fully saturated rings. The standard InChI is InChI=1S/C16H17N3O2/c1-10-11(5-6-21-10)9-19(2)16(20)15-8-12-7-13(17)3-4-14(12)18-15/h3-8,18H,9,17H2,1-2H3. The molecule has 0 aliphatic heterocycles. The Balaban J connectivity index is 1.84. The second-order valence-corrected chi connectivity index (χ2v) is 5.19. The summed E-state index contributed by atoms with van der Waals surface area (Å²) in [5.74, 6) is 0.768. The van der Waals surface area contributed by atoms with Crippen molar-refractivity contribution in [3.63, 3.8) is 0 Å². The van der Waals surface area contributed by atoms with Crippen LogP contribution < -0.4 is 5.73 Å². The van der Waals surface area contributed by atoms with Crippen molar-refractivity contribution < 1.29 is 9.21 Å². The van der Waals surface area contributed by atoms with Crippen LogP contribution in [0.1, 0.15) is 21.8 Å². The number of nitrogens with zero attached hydrogens (tertiary/aromatic N) is 1. The number of H-pyrrole nitrogens is 1. The molecule has 0 aliphatic carbocycles. The van der Waals surface area contributed by atoms with Crippen molar-refractivity contribution >= 4 is 22.5 Å². The summed E-state index contributed by atoms with van der Waals surface area (Å²) in [7, 11) is 1.77. The molecule has 0 atom stereocenters. The number of aromatic amines is 1. The molecular formula is C16H17N3O2. The number of fused-ring (bicyclic) bond motifs is 1. The van der Waals surface area contributed by atoms with E-state index in [1.165, 1.54) is 0 Å². The number of benzene rings is 1. The molecule has 3 aromatic rings. The first kappa shape index (κ1) is 13.3. The van der Waals surface area contributed by atoms with Gasteiger partial charge in [0, 0.05) is 35.7 Å². The minimum Gasteiger partial charge on any atom is -0.469 e. The van der Waals surface area contributed by atoms with E-state index >= 15 is 0 Å². The molecule has 0 aliphatic rings. The van der Waals surface area contributed by atoms with Gasteiger partial charge in [0.1, 0.15) is 11.5 Å². The van der Waals surface area contributed by atoms with Crippen molar-refractivity contribution in [3.8, 4) is 0 Å². The monoisotopic (exact) mass is 283 g/mol. The van der Waals surface area contributed by atoms with Gasteiger partial charge in [-0.05, 0) is 37.3 Å². The highest BCUT2D eigenvalue weighted by molar-refractivity contribution is 5.98. The number of anilines is 1. The highest BCUT2D eigenvalue weighted by Gasteiger charge is 2.16. The van der Waals surface area contributed by atoms with Crippen molar-refractivity contribution in [2.75, 3.05) is 12.8 Å². The number of hydrogen-bond acceptors (Lipinski definition) is 3. The average molecular weight is 283 g/mol. The van der Waals surface area contributed by atoms with Crippen molar-refractivity contribution in [2.24, 2.45) is 0 Å². The van der Waals surface area contributed by atoms with E-state index in [1.54, 1.807) is 18.2 Å². The molecule has 0 bridgehead atoms. The normalized spacial score (nSPS) is 11.0. The molecule has 5 nitrogen and oxygen atoms in total. The molecule has 2 aromatic heterocycles. The lowest BCUT2D eigenvalue weighted by atomic mass is 10.2. The van der Waals surface area contributed by atoms with Crippen molar-refractivity contribution in [2.45, 2.75) is 13.5 Å². The van der Waals surface area contributed by atoms with Crippen LogP contribution in [0, 0.1) is 6.92 Å². The third kappa shape index (κ3) is 2.50. The summed E-state index contributed by atoms with van der Waals surface area (Å²) in [6, 6.07) is 9.24. The van der Waals surface area contributed by atoms with Gasteiger partial charge < -0.3 is 20.0 Å². The number of rotatable bonds is 3. The van der Waals surface area contributed by atoms with Crippen LogP contribution in [0.25, 0.3) is 10.9 Å². The number of hydrogen-bond donors (Lipinski definition) is 2. The Morgan fingerprint density at radius 1 is 1.33 bits per heavy atom. The van der Waals surface area contributed by atoms with E-state index in [9.17, 15) is 4.79 Å². The lowest BCUT2D eigenvalue weighted by Crippen LogP contribution is -2.26. The summed E-state index contributed by atoms with van der Waals surface area (Å²) in [6.45, 7) is 2.40. The number of amides is 1. The first-order valence-electron chi connectivity index (χ1n) is 6.71. The van der Waals surface area contributed by atoms with Gasteiger partial charge in [-0.25, -0.2) is 0 Å². The summed E-state index contributed by atoms with van der Waals surface area (Å²) in [5, 5.41) is 0.936. The van der Waals surface area contributed by atoms with Crippen molar-refractivity contribution in [1.82, 2.24) is 9.88 Å². The van der Waals surface area contributed by atoms with Crippen molar-refractivity contribution in [1.29, 1.82) is 0 Å². The maximum atomic E-state index is 12.5. The van der Waals surface area contributed by atoms with Gasteiger partial charge in [-0.2, -0.15) is 0 Å². The van der Waals surface area contributed by atoms with Crippen LogP contribution in [0.2, 0.25) is 0 Å². The summed E-state index contributed by atoms with van der Waals surface area (Å²) >= 11 is 0. The third-order valence-electron chi connectivity index (χ3n) is 3.60. The Kier molecular flexibility index (Phi) is 3.17. The molecule has 2 heterocycles. The molecule has 0 unspecified atom stereocenters. The molecule has 0 radical (unpaired) electrons. The number of aryl methyl sites for hydroxylation is 1. The predicted octanol–water partition coefficient (Wildman–Crippen LogP) is 2.92. The van der Waals surface area contributed by atoms with Gasteiger partial charge in [0.25, 0.3) is 5.91 Å². The largest absolute Gasteiger partial charge is 0.469 e. The lowest BCUT2D eigenvalue weighted by molar-refractivity contribution is 0.0780. The quantitative estimate of drug-likeness (QED) is 0.726. The van der Waals surface area contributed by atoms with Gasteiger partial charge in [-0.3, -0.25) is 4.79 Å². The predicted molar refractivity (Wildman–Crippen MR) is 82.0 cm³/mol. The van der Waals surface area contributed by atoms with Gasteiger partial charge in [0.2, 0.25) is 0 Å². The number of furan rings is 1. The lowest BCUT2D eigenvalue weighted by Gasteiger charge is -2.15. The molecule has 21 heavy (non-hydrogen) atoms. The number of nitrogen functional groups attached to an aromatic ring is 1. The van der Waals surface area contributed by atoms with E-state index in [4.69, 9.17) is 10.2 Å². The second-order valence-electron chi connectivity index (χ2n) is 5.19. The fourth-order valence-electron chi connectivity index (χ4n) is 2.37. The molecular weight excluding hydrogens is 266 g/mol. The van der Waals surface area contributed by atoms with E-state index in [1.807, 2.05) is 37.3 Å². The van der Waals surface area contributed by atoms with Crippen LogP contribution in [0.4, 0.5) is 5.69 Å². The average Bonchev–Trinajstić information content (AvgIpc) is 3.04. The van der Waals surface area contributed by atoms with E-state index in [0.717, 1.165) is 22.2 Å². The number of carbonyl (C=O) groups is 1. The summed E-state index contributed by atoms with van der Waals surface area (Å²) in [6.07, 6.45) is 1.63. The summed E-state index contributed by atoms with van der Waals surface area (Å²) < 4.78 is 5.25. The Labute approximate surface area is 122 Å². The SMILES string of the molecule is Cc1occc1CN(C)C(=O)c1cc2cc(N)ccc2[nH]1. The minimum absolute atomic E-state index is 0.0645. The van der Waals surface area contributed by atoms with Gasteiger partial charge in [0.15, 0.2) is 0 Å². The van der Waals surface area contributed by atoms with E-state index in [-0.39, 0.29) is 5.91 Å². The number of aromatic nitrogens is 1. The van der Waals surface area contributed by atoms with Crippen LogP contribution >= 0.6 is 0 Å². The fourth-order valence-corrected chi connectivity index (χ4v) is 2.37. The van der Waals surface area contributed by atoms with Crippen LogP contribution in [0.5, 0.6) is 0 Å². The van der Waals surface area contributed by atoms with Crippen LogP contribution in [0.3, 0.4) is 0 Å². The van der Waals surface area contributed by atoms with Crippen molar-refractivity contribution in [3.05, 3.63) is 53.6 Å². The van der Waals surface area contributed by atoms with E-state index in [2.05, 4.69) is 4.98 Å². The maximum absolute atomic E-state index is 12.5. The first-order valence-corrected chi connectivity index (χ1v) is 6.71. The van der Waals surface area contributed by atoms with Crippen LogP contribution in [-0.2, 0) is 6.54 Å². The molecule has 5 heteroatoms. The third-order valence-corrected chi connectivity index (χ3v) is 3.60. The molecule has 108 valence electrons. The van der Waals surface area contributed by atoms with Crippen LogP contribution in [-0.4, -0.2) is 22.8 Å². The van der Waals surface area contributed by atoms with Crippen LogP contribution in [0.15, 0.2) is 41.0 Å². The summed E-state index contributed by atoms with van der Waals surface area (Å²) in [4.78, 5) is 17.3. The smallest absolute Gasteiger partial charge is 0.270 e. The highest BCUT2D eigenvalue weighted by Crippen LogP contribution is 2.20. The fraction of sp³-hybridized carbons (Fsp3) is 0.188. The molecule has 1 aromatic carbocycles. The first-order chi connectivity index (χ1) is 10.0. The molecule has 3 N–H and O–H groups in total. The second kappa shape index (κ2) is 5.01. The maximum Gasteiger partial charge on any atom is 0.270 e. The molecule has 3 rings (SSSR count). The van der Waals surface area contributed by atoms with E-state index in [0.29, 0.717) is 17.9 Å². The molecule has 0 saturated carbocycles. The Hall–Kier alpha value is -2.69. The number of nitrogens with one attached hydrogen (secondary N) is 1. The zero-order valence-corrected chi connectivity index (χ0v) is 12.0. The van der Waals surface area contributed by atoms with Gasteiger partial charge in [-0.1, -0.05) is 0 Å². The minimum atomic E-state index is -0.0645. The Bertz CT molecular complexity index is 801. The van der Waals surface area contributed by atoms with Gasteiger partial charge in [0.05, 0.1) is 6.26 Å². The van der Waals surface area contributed by atoms with Gasteiger partial charge >= 0.3 is 0 Å². The Morgan fingerprint density at radius 2 is 2.14 bits per heavy atom. The number of carbonyl (C=O) groups excluding carboxylic acids is 1. The zero-order chi connectivity index (χ0) is 15.0. The highest BCUT2D eigenvalue weighted by atomic mass is 16.3. The topological polar surface area (TPSA) is 75.3 Å².